The van der Waals surface area contributed by atoms with Crippen LogP contribution in [0.5, 0.6) is 0 Å². The zero-order chi connectivity index (χ0) is 18.0. The van der Waals surface area contributed by atoms with Crippen molar-refractivity contribution in [2.45, 2.75) is 38.8 Å². The Kier molecular flexibility index (Phi) is 5.08. The molecule has 1 aliphatic heterocycles. The maximum atomic E-state index is 12.2. The number of carbonyl (C=O) groups is 2. The topological polar surface area (TPSA) is 75.4 Å². The number of carbonyl (C=O) groups excluding carboxylic acids is 2. The van der Waals surface area contributed by atoms with Crippen molar-refractivity contribution in [2.24, 2.45) is 0 Å². The van der Waals surface area contributed by atoms with Crippen molar-refractivity contribution in [1.82, 2.24) is 15.2 Å². The number of nitrogens with zero attached hydrogens (tertiary/aromatic N) is 2. The lowest BCUT2D eigenvalue weighted by Crippen LogP contribution is -2.39. The predicted molar refractivity (Wildman–Crippen MR) is 94.0 cm³/mol. The Morgan fingerprint density at radius 2 is 2.12 bits per heavy atom. The van der Waals surface area contributed by atoms with Crippen molar-refractivity contribution in [2.75, 3.05) is 6.54 Å². The molecule has 25 heavy (non-hydrogen) atoms. The van der Waals surface area contributed by atoms with Gasteiger partial charge in [-0.2, -0.15) is 0 Å². The number of hydrogen-bond donors (Lipinski definition) is 1. The quantitative estimate of drug-likeness (QED) is 0.888. The number of hydrogen-bond acceptors (Lipinski definition) is 4. The molecule has 6 nitrogen and oxygen atoms in total. The molecule has 1 N–H and O–H groups in total. The summed E-state index contributed by atoms with van der Waals surface area (Å²) in [7, 11) is 0. The Hall–Kier alpha value is -2.34. The van der Waals surface area contributed by atoms with Crippen LogP contribution in [0.15, 0.2) is 34.9 Å². The number of likely N-dealkylation sites (tertiary alicyclic amines) is 1. The van der Waals surface area contributed by atoms with Crippen LogP contribution in [-0.2, 0) is 16.0 Å². The van der Waals surface area contributed by atoms with Gasteiger partial charge in [0.15, 0.2) is 0 Å². The first-order valence-electron chi connectivity index (χ1n) is 8.21. The number of rotatable bonds is 5. The minimum absolute atomic E-state index is 0.0757. The third kappa shape index (κ3) is 4.20. The minimum atomic E-state index is -0.167. The molecule has 2 aromatic rings. The second kappa shape index (κ2) is 7.27. The first-order chi connectivity index (χ1) is 11.9. The molecule has 0 radical (unpaired) electrons. The maximum Gasteiger partial charge on any atom is 0.226 e. The molecule has 2 amide bonds. The van der Waals surface area contributed by atoms with Crippen LogP contribution in [0.1, 0.15) is 26.0 Å². The predicted octanol–water partition coefficient (Wildman–Crippen LogP) is 2.66. The lowest BCUT2D eigenvalue weighted by atomic mass is 10.2. The summed E-state index contributed by atoms with van der Waals surface area (Å²) in [5.74, 6) is 0.354. The fourth-order valence-electron chi connectivity index (χ4n) is 2.88. The van der Waals surface area contributed by atoms with E-state index in [1.807, 2.05) is 26.0 Å². The van der Waals surface area contributed by atoms with Gasteiger partial charge in [0.2, 0.25) is 17.7 Å². The van der Waals surface area contributed by atoms with Gasteiger partial charge in [0, 0.05) is 29.6 Å². The first-order valence-corrected chi connectivity index (χ1v) is 8.59. The van der Waals surface area contributed by atoms with Gasteiger partial charge in [-0.05, 0) is 38.1 Å². The van der Waals surface area contributed by atoms with E-state index in [0.717, 1.165) is 5.56 Å². The molecule has 0 bridgehead atoms. The van der Waals surface area contributed by atoms with Crippen LogP contribution in [0.2, 0.25) is 5.02 Å². The summed E-state index contributed by atoms with van der Waals surface area (Å²) >= 11 is 5.86. The molecule has 1 atom stereocenters. The summed E-state index contributed by atoms with van der Waals surface area (Å²) < 4.78 is 5.43. The van der Waals surface area contributed by atoms with E-state index in [0.29, 0.717) is 29.6 Å². The van der Waals surface area contributed by atoms with E-state index in [1.165, 1.54) is 6.26 Å². The first kappa shape index (κ1) is 17.5. The second-order valence-corrected chi connectivity index (χ2v) is 6.87. The molecule has 1 unspecified atom stereocenters. The number of halogens is 1. The summed E-state index contributed by atoms with van der Waals surface area (Å²) in [6.45, 7) is 4.49. The van der Waals surface area contributed by atoms with Crippen LogP contribution < -0.4 is 5.32 Å². The molecule has 0 spiro atoms. The zero-order valence-corrected chi connectivity index (χ0v) is 14.9. The molecule has 1 aromatic heterocycles. The van der Waals surface area contributed by atoms with Crippen LogP contribution in [0, 0.1) is 0 Å². The number of aromatic nitrogens is 1. The highest BCUT2D eigenvalue weighted by atomic mass is 35.5. The largest absolute Gasteiger partial charge is 0.444 e. The average Bonchev–Trinajstić information content (AvgIpc) is 3.15. The molecule has 1 aromatic carbocycles. The highest BCUT2D eigenvalue weighted by Crippen LogP contribution is 2.21. The van der Waals surface area contributed by atoms with Gasteiger partial charge in [-0.3, -0.25) is 9.59 Å². The van der Waals surface area contributed by atoms with Crippen LogP contribution in [0.3, 0.4) is 0 Å². The maximum absolute atomic E-state index is 12.2. The third-order valence-electron chi connectivity index (χ3n) is 4.13. The van der Waals surface area contributed by atoms with E-state index in [4.69, 9.17) is 16.0 Å². The summed E-state index contributed by atoms with van der Waals surface area (Å²) in [6.07, 6.45) is 1.94. The van der Waals surface area contributed by atoms with Gasteiger partial charge < -0.3 is 14.6 Å². The molecular weight excluding hydrogens is 342 g/mol. The van der Waals surface area contributed by atoms with Gasteiger partial charge in [-0.15, -0.1) is 0 Å². The molecule has 3 rings (SSSR count). The van der Waals surface area contributed by atoms with E-state index >= 15 is 0 Å². The lowest BCUT2D eigenvalue weighted by Gasteiger charge is -2.21. The normalized spacial score (nSPS) is 17.4. The molecule has 1 fully saturated rings. The Bertz CT molecular complexity index is 770. The molecular formula is C18H20ClN3O3. The van der Waals surface area contributed by atoms with Crippen LogP contribution in [0.25, 0.3) is 11.5 Å². The summed E-state index contributed by atoms with van der Waals surface area (Å²) in [5.41, 5.74) is 1.34. The van der Waals surface area contributed by atoms with E-state index in [1.54, 1.807) is 17.0 Å². The van der Waals surface area contributed by atoms with E-state index < -0.39 is 0 Å². The van der Waals surface area contributed by atoms with Gasteiger partial charge in [-0.1, -0.05) is 11.6 Å². The van der Waals surface area contributed by atoms with Gasteiger partial charge in [0.05, 0.1) is 18.2 Å². The van der Waals surface area contributed by atoms with Gasteiger partial charge >= 0.3 is 0 Å². The number of oxazole rings is 1. The van der Waals surface area contributed by atoms with Gasteiger partial charge in [0.1, 0.15) is 6.26 Å². The summed E-state index contributed by atoms with van der Waals surface area (Å²) in [6, 6.07) is 7.12. The van der Waals surface area contributed by atoms with Crippen molar-refractivity contribution in [3.63, 3.8) is 0 Å². The van der Waals surface area contributed by atoms with Crippen molar-refractivity contribution >= 4 is 23.4 Å². The standard InChI is InChI=1S/C18H20ClN3O3/c1-11(2)22-9-14(8-17(22)24)20-16(23)7-15-10-25-18(21-15)12-3-5-13(19)6-4-12/h3-6,10-11,14H,7-9H2,1-2H3,(H,20,23). The van der Waals surface area contributed by atoms with Crippen molar-refractivity contribution < 1.29 is 14.0 Å². The van der Waals surface area contributed by atoms with Gasteiger partial charge in [-0.25, -0.2) is 4.98 Å². The van der Waals surface area contributed by atoms with Crippen molar-refractivity contribution in [3.05, 3.63) is 41.2 Å². The Balaban J connectivity index is 1.57. The smallest absolute Gasteiger partial charge is 0.226 e. The Morgan fingerprint density at radius 3 is 2.76 bits per heavy atom. The average molecular weight is 362 g/mol. The highest BCUT2D eigenvalue weighted by molar-refractivity contribution is 6.30. The summed E-state index contributed by atoms with van der Waals surface area (Å²) in [4.78, 5) is 30.2. The van der Waals surface area contributed by atoms with E-state index in [2.05, 4.69) is 10.3 Å². The fourth-order valence-corrected chi connectivity index (χ4v) is 3.01. The van der Waals surface area contributed by atoms with Crippen LogP contribution >= 0.6 is 11.6 Å². The van der Waals surface area contributed by atoms with Crippen LogP contribution in [-0.4, -0.2) is 40.3 Å². The molecule has 1 saturated heterocycles. The van der Waals surface area contributed by atoms with Crippen molar-refractivity contribution in [3.8, 4) is 11.5 Å². The fraction of sp³-hybridized carbons (Fsp3) is 0.389. The number of nitrogens with one attached hydrogen (secondary N) is 1. The molecule has 0 saturated carbocycles. The number of benzene rings is 1. The highest BCUT2D eigenvalue weighted by Gasteiger charge is 2.31. The van der Waals surface area contributed by atoms with E-state index in [-0.39, 0.29) is 30.3 Å². The molecule has 0 aliphatic carbocycles. The Morgan fingerprint density at radius 1 is 1.40 bits per heavy atom. The second-order valence-electron chi connectivity index (χ2n) is 6.44. The monoisotopic (exact) mass is 361 g/mol. The summed E-state index contributed by atoms with van der Waals surface area (Å²) in [5, 5.41) is 3.53. The Labute approximate surface area is 151 Å². The number of amides is 2. The molecule has 132 valence electrons. The minimum Gasteiger partial charge on any atom is -0.444 e. The molecule has 7 heteroatoms. The molecule has 2 heterocycles. The van der Waals surface area contributed by atoms with E-state index in [9.17, 15) is 9.59 Å². The third-order valence-corrected chi connectivity index (χ3v) is 4.38. The zero-order valence-electron chi connectivity index (χ0n) is 14.2. The SMILES string of the molecule is CC(C)N1CC(NC(=O)Cc2coc(-c3ccc(Cl)cc3)n2)CC1=O. The molecule has 1 aliphatic rings. The van der Waals surface area contributed by atoms with Gasteiger partial charge in [0.25, 0.3) is 0 Å². The van der Waals surface area contributed by atoms with Crippen LogP contribution in [0.4, 0.5) is 0 Å². The lowest BCUT2D eigenvalue weighted by molar-refractivity contribution is -0.129. The van der Waals surface area contributed by atoms with Crippen molar-refractivity contribution in [1.29, 1.82) is 0 Å².